The number of hydrogen-bond acceptors (Lipinski definition) is 2. The molecule has 4 heteroatoms. The summed E-state index contributed by atoms with van der Waals surface area (Å²) >= 11 is 3.65. The lowest BCUT2D eigenvalue weighted by Crippen LogP contribution is -2.30. The Morgan fingerprint density at radius 2 is 2.00 bits per heavy atom. The quantitative estimate of drug-likeness (QED) is 0.812. The van der Waals surface area contributed by atoms with Crippen molar-refractivity contribution in [2.24, 2.45) is 5.92 Å². The van der Waals surface area contributed by atoms with Gasteiger partial charge in [-0.15, -0.1) is 0 Å². The molecule has 104 valence electrons. The molecular formula is C14H26BrN3. The molecule has 3 nitrogen and oxygen atoms in total. The minimum absolute atomic E-state index is 0.370. The largest absolute Gasteiger partial charge is 0.308 e. The van der Waals surface area contributed by atoms with Crippen molar-refractivity contribution in [2.75, 3.05) is 6.54 Å². The molecule has 1 aromatic rings. The molecule has 0 aliphatic rings. The summed E-state index contributed by atoms with van der Waals surface area (Å²) in [6.45, 7) is 12.2. The van der Waals surface area contributed by atoms with Gasteiger partial charge in [0.15, 0.2) is 0 Å². The van der Waals surface area contributed by atoms with Crippen LogP contribution in [0, 0.1) is 5.92 Å². The van der Waals surface area contributed by atoms with E-state index >= 15 is 0 Å². The van der Waals surface area contributed by atoms with E-state index in [1.165, 1.54) is 5.69 Å². The molecule has 1 heterocycles. The lowest BCUT2D eigenvalue weighted by atomic mass is 9.96. The molecule has 0 spiro atoms. The highest BCUT2D eigenvalue weighted by Gasteiger charge is 2.24. The van der Waals surface area contributed by atoms with Crippen molar-refractivity contribution < 1.29 is 0 Å². The highest BCUT2D eigenvalue weighted by atomic mass is 79.9. The SMILES string of the molecule is CCCNC(c1c(Br)cnn1C(C)C)C(C)CC. The number of nitrogens with one attached hydrogen (secondary N) is 1. The second-order valence-electron chi connectivity index (χ2n) is 5.23. The molecule has 0 bridgehead atoms. The Balaban J connectivity index is 3.07. The van der Waals surface area contributed by atoms with Crippen LogP contribution in [0.5, 0.6) is 0 Å². The summed E-state index contributed by atoms with van der Waals surface area (Å²) < 4.78 is 3.24. The second kappa shape index (κ2) is 7.29. The fourth-order valence-corrected chi connectivity index (χ4v) is 2.68. The molecule has 2 unspecified atom stereocenters. The number of nitrogens with zero attached hydrogens (tertiary/aromatic N) is 2. The van der Waals surface area contributed by atoms with Gasteiger partial charge < -0.3 is 5.32 Å². The monoisotopic (exact) mass is 315 g/mol. The van der Waals surface area contributed by atoms with Crippen molar-refractivity contribution in [2.45, 2.75) is 59.5 Å². The predicted octanol–water partition coefficient (Wildman–Crippen LogP) is 4.31. The van der Waals surface area contributed by atoms with E-state index in [0.29, 0.717) is 18.0 Å². The van der Waals surface area contributed by atoms with Gasteiger partial charge in [0, 0.05) is 6.04 Å². The van der Waals surface area contributed by atoms with E-state index in [1.807, 2.05) is 6.20 Å². The molecule has 18 heavy (non-hydrogen) atoms. The van der Waals surface area contributed by atoms with Crippen LogP contribution in [0.2, 0.25) is 0 Å². The van der Waals surface area contributed by atoms with E-state index in [1.54, 1.807) is 0 Å². The fraction of sp³-hybridized carbons (Fsp3) is 0.786. The van der Waals surface area contributed by atoms with Gasteiger partial charge in [0.1, 0.15) is 0 Å². The average Bonchev–Trinajstić information content (AvgIpc) is 2.72. The number of aromatic nitrogens is 2. The topological polar surface area (TPSA) is 29.9 Å². The van der Waals surface area contributed by atoms with Crippen LogP contribution in [0.1, 0.15) is 65.2 Å². The third kappa shape index (κ3) is 3.58. The Bertz CT molecular complexity index is 360. The zero-order chi connectivity index (χ0) is 13.7. The third-order valence-electron chi connectivity index (χ3n) is 3.40. The summed E-state index contributed by atoms with van der Waals surface area (Å²) in [5, 5.41) is 8.16. The van der Waals surface area contributed by atoms with E-state index in [-0.39, 0.29) is 0 Å². The van der Waals surface area contributed by atoms with Crippen LogP contribution < -0.4 is 5.32 Å². The highest BCUT2D eigenvalue weighted by Crippen LogP contribution is 2.31. The van der Waals surface area contributed by atoms with Crippen LogP contribution in [0.3, 0.4) is 0 Å². The van der Waals surface area contributed by atoms with E-state index in [4.69, 9.17) is 0 Å². The maximum Gasteiger partial charge on any atom is 0.0701 e. The van der Waals surface area contributed by atoms with E-state index < -0.39 is 0 Å². The van der Waals surface area contributed by atoms with Crippen LogP contribution >= 0.6 is 15.9 Å². The van der Waals surface area contributed by atoms with Gasteiger partial charge in [-0.2, -0.15) is 5.10 Å². The van der Waals surface area contributed by atoms with E-state index in [0.717, 1.165) is 23.9 Å². The first-order valence-electron chi connectivity index (χ1n) is 6.99. The summed E-state index contributed by atoms with van der Waals surface area (Å²) in [7, 11) is 0. The summed E-state index contributed by atoms with van der Waals surface area (Å²) in [5.41, 5.74) is 1.28. The van der Waals surface area contributed by atoms with Crippen LogP contribution in [-0.2, 0) is 0 Å². The first kappa shape index (κ1) is 15.7. The molecule has 0 saturated carbocycles. The van der Waals surface area contributed by atoms with Crippen molar-refractivity contribution in [1.82, 2.24) is 15.1 Å². The van der Waals surface area contributed by atoms with Gasteiger partial charge in [-0.1, -0.05) is 27.2 Å². The predicted molar refractivity (Wildman–Crippen MR) is 80.8 cm³/mol. The first-order valence-corrected chi connectivity index (χ1v) is 7.78. The molecule has 0 aliphatic heterocycles. The summed E-state index contributed by atoms with van der Waals surface area (Å²) in [5.74, 6) is 0.599. The zero-order valence-corrected chi connectivity index (χ0v) is 13.8. The Morgan fingerprint density at radius 3 is 2.50 bits per heavy atom. The maximum absolute atomic E-state index is 4.49. The second-order valence-corrected chi connectivity index (χ2v) is 6.09. The van der Waals surface area contributed by atoms with Crippen LogP contribution in [-0.4, -0.2) is 16.3 Å². The lowest BCUT2D eigenvalue weighted by Gasteiger charge is -2.27. The van der Waals surface area contributed by atoms with E-state index in [2.05, 4.69) is 65.6 Å². The Kier molecular flexibility index (Phi) is 6.36. The molecule has 2 atom stereocenters. The molecule has 0 aliphatic carbocycles. The minimum Gasteiger partial charge on any atom is -0.308 e. The molecule has 0 fully saturated rings. The van der Waals surface area contributed by atoms with Crippen molar-refractivity contribution in [3.8, 4) is 0 Å². The summed E-state index contributed by atoms with van der Waals surface area (Å²) in [6, 6.07) is 0.760. The van der Waals surface area contributed by atoms with Gasteiger partial charge in [-0.25, -0.2) is 0 Å². The normalized spacial score (nSPS) is 15.1. The maximum atomic E-state index is 4.49. The van der Waals surface area contributed by atoms with Gasteiger partial charge in [0.2, 0.25) is 0 Å². The Labute approximate surface area is 119 Å². The average molecular weight is 316 g/mol. The Morgan fingerprint density at radius 1 is 1.33 bits per heavy atom. The summed E-state index contributed by atoms with van der Waals surface area (Å²) in [6.07, 6.45) is 4.23. The van der Waals surface area contributed by atoms with Gasteiger partial charge >= 0.3 is 0 Å². The van der Waals surface area contributed by atoms with Gasteiger partial charge in [0.25, 0.3) is 0 Å². The van der Waals surface area contributed by atoms with Crippen LogP contribution in [0.25, 0.3) is 0 Å². The standard InChI is InChI=1S/C14H26BrN3/c1-6-8-16-13(11(5)7-2)14-12(15)9-17-18(14)10(3)4/h9-11,13,16H,6-8H2,1-5H3. The van der Waals surface area contributed by atoms with Gasteiger partial charge in [-0.05, 0) is 48.7 Å². The Hall–Kier alpha value is -0.350. The smallest absolute Gasteiger partial charge is 0.0701 e. The number of rotatable bonds is 7. The van der Waals surface area contributed by atoms with Gasteiger partial charge in [-0.3, -0.25) is 4.68 Å². The third-order valence-corrected chi connectivity index (χ3v) is 4.01. The molecule has 1 N–H and O–H groups in total. The van der Waals surface area contributed by atoms with Crippen molar-refractivity contribution in [3.05, 3.63) is 16.4 Å². The molecule has 0 amide bonds. The van der Waals surface area contributed by atoms with Crippen molar-refractivity contribution in [3.63, 3.8) is 0 Å². The lowest BCUT2D eigenvalue weighted by molar-refractivity contribution is 0.343. The molecule has 0 radical (unpaired) electrons. The summed E-state index contributed by atoms with van der Waals surface area (Å²) in [4.78, 5) is 0. The molecule has 0 saturated heterocycles. The minimum atomic E-state index is 0.370. The number of halogens is 1. The zero-order valence-electron chi connectivity index (χ0n) is 12.2. The molecule has 1 aromatic heterocycles. The number of hydrogen-bond donors (Lipinski definition) is 1. The molecule has 1 rings (SSSR count). The van der Waals surface area contributed by atoms with Crippen LogP contribution in [0.15, 0.2) is 10.7 Å². The fourth-order valence-electron chi connectivity index (χ4n) is 2.16. The van der Waals surface area contributed by atoms with Crippen molar-refractivity contribution in [1.29, 1.82) is 0 Å². The molecular weight excluding hydrogens is 290 g/mol. The highest BCUT2D eigenvalue weighted by molar-refractivity contribution is 9.10. The van der Waals surface area contributed by atoms with Crippen molar-refractivity contribution >= 4 is 15.9 Å². The van der Waals surface area contributed by atoms with Gasteiger partial charge in [0.05, 0.1) is 22.4 Å². The molecule has 0 aromatic carbocycles. The van der Waals surface area contributed by atoms with E-state index in [9.17, 15) is 0 Å². The first-order chi connectivity index (χ1) is 8.52. The van der Waals surface area contributed by atoms with Crippen LogP contribution in [0.4, 0.5) is 0 Å².